The van der Waals surface area contributed by atoms with Crippen LogP contribution in [-0.2, 0) is 12.8 Å². The summed E-state index contributed by atoms with van der Waals surface area (Å²) in [6, 6.07) is 7.08. The van der Waals surface area contributed by atoms with E-state index >= 15 is 0 Å². The van der Waals surface area contributed by atoms with Crippen LogP contribution >= 0.6 is 12.2 Å². The van der Waals surface area contributed by atoms with E-state index in [1.165, 1.54) is 61.8 Å². The molecule has 0 radical (unpaired) electrons. The van der Waals surface area contributed by atoms with Gasteiger partial charge >= 0.3 is 0 Å². The highest BCUT2D eigenvalue weighted by molar-refractivity contribution is 7.80. The smallest absolute Gasteiger partial charge is 0.171 e. The number of hydrogen-bond donors (Lipinski definition) is 2. The normalized spacial score (nSPS) is 16.6. The molecule has 1 fully saturated rings. The van der Waals surface area contributed by atoms with E-state index in [2.05, 4.69) is 42.7 Å². The third-order valence-electron chi connectivity index (χ3n) is 4.68. The van der Waals surface area contributed by atoms with E-state index in [0.29, 0.717) is 6.04 Å². The van der Waals surface area contributed by atoms with Gasteiger partial charge in [0.2, 0.25) is 0 Å². The summed E-state index contributed by atoms with van der Waals surface area (Å²) < 4.78 is 0. The first-order chi connectivity index (χ1) is 10.7. The van der Waals surface area contributed by atoms with Gasteiger partial charge in [-0.05, 0) is 49.0 Å². The summed E-state index contributed by atoms with van der Waals surface area (Å²) in [5.74, 6) is 0. The van der Waals surface area contributed by atoms with Gasteiger partial charge in [0, 0.05) is 11.7 Å². The minimum Gasteiger partial charge on any atom is -0.360 e. The third kappa shape index (κ3) is 4.98. The van der Waals surface area contributed by atoms with Gasteiger partial charge in [0.15, 0.2) is 5.11 Å². The van der Waals surface area contributed by atoms with Crippen molar-refractivity contribution in [1.82, 2.24) is 5.32 Å². The van der Waals surface area contributed by atoms with Crippen LogP contribution in [0.25, 0.3) is 0 Å². The molecule has 0 amide bonds. The molecule has 1 aromatic rings. The van der Waals surface area contributed by atoms with Gasteiger partial charge in [-0.3, -0.25) is 0 Å². The van der Waals surface area contributed by atoms with Crippen LogP contribution in [0, 0.1) is 0 Å². The van der Waals surface area contributed by atoms with Crippen LogP contribution in [-0.4, -0.2) is 11.2 Å². The minimum absolute atomic E-state index is 0.541. The lowest BCUT2D eigenvalue weighted by atomic mass is 9.97. The van der Waals surface area contributed by atoms with E-state index in [1.807, 2.05) is 0 Å². The molecule has 1 saturated carbocycles. The SMILES string of the molecule is CCc1cccc(CC)c1NC(=S)NC1CCCCCCC1. The average molecular weight is 319 g/mol. The van der Waals surface area contributed by atoms with Crippen LogP contribution < -0.4 is 10.6 Å². The summed E-state index contributed by atoms with van der Waals surface area (Å²) in [6.07, 6.45) is 11.4. The van der Waals surface area contributed by atoms with E-state index in [0.717, 1.165) is 18.0 Å². The van der Waals surface area contributed by atoms with E-state index < -0.39 is 0 Å². The maximum absolute atomic E-state index is 5.59. The molecule has 2 N–H and O–H groups in total. The number of nitrogens with one attached hydrogen (secondary N) is 2. The second-order valence-corrected chi connectivity index (χ2v) is 6.71. The predicted octanol–water partition coefficient (Wildman–Crippen LogP) is 5.21. The monoisotopic (exact) mass is 318 g/mol. The number of thiocarbonyl (C=S) groups is 1. The lowest BCUT2D eigenvalue weighted by Crippen LogP contribution is -2.38. The Bertz CT molecular complexity index is 454. The summed E-state index contributed by atoms with van der Waals surface area (Å²) in [4.78, 5) is 0. The molecule has 1 aliphatic rings. The molecule has 2 rings (SSSR count). The van der Waals surface area contributed by atoms with Crippen molar-refractivity contribution in [2.45, 2.75) is 77.7 Å². The Labute approximate surface area is 141 Å². The zero-order valence-corrected chi connectivity index (χ0v) is 14.9. The maximum atomic E-state index is 5.59. The predicted molar refractivity (Wildman–Crippen MR) is 101 cm³/mol. The van der Waals surface area contributed by atoms with Gasteiger partial charge in [0.25, 0.3) is 0 Å². The van der Waals surface area contributed by atoms with Crippen molar-refractivity contribution in [2.24, 2.45) is 0 Å². The Morgan fingerprint density at radius 3 is 2.09 bits per heavy atom. The van der Waals surface area contributed by atoms with Crippen molar-refractivity contribution in [3.63, 3.8) is 0 Å². The molecule has 122 valence electrons. The van der Waals surface area contributed by atoms with Crippen LogP contribution in [0.15, 0.2) is 18.2 Å². The summed E-state index contributed by atoms with van der Waals surface area (Å²) in [7, 11) is 0. The fourth-order valence-electron chi connectivity index (χ4n) is 3.34. The van der Waals surface area contributed by atoms with Crippen molar-refractivity contribution < 1.29 is 0 Å². The lowest BCUT2D eigenvalue weighted by molar-refractivity contribution is 0.430. The second-order valence-electron chi connectivity index (χ2n) is 6.30. The quantitative estimate of drug-likeness (QED) is 0.745. The molecular formula is C19H30N2S. The first-order valence-electron chi connectivity index (χ1n) is 8.92. The molecule has 2 nitrogen and oxygen atoms in total. The van der Waals surface area contributed by atoms with Gasteiger partial charge in [0.1, 0.15) is 0 Å². The standard InChI is InChI=1S/C19H30N2S/c1-3-15-11-10-12-16(4-2)18(15)21-19(22)20-17-13-8-6-5-7-9-14-17/h10-12,17H,3-9,13-14H2,1-2H3,(H2,20,21,22). The van der Waals surface area contributed by atoms with Gasteiger partial charge in [-0.1, -0.05) is 64.2 Å². The largest absolute Gasteiger partial charge is 0.360 e. The fraction of sp³-hybridized carbons (Fsp3) is 0.632. The number of benzene rings is 1. The zero-order valence-electron chi connectivity index (χ0n) is 14.1. The van der Waals surface area contributed by atoms with E-state index in [1.54, 1.807) is 0 Å². The Balaban J connectivity index is 1.99. The molecule has 3 heteroatoms. The summed E-state index contributed by atoms with van der Waals surface area (Å²) in [5.41, 5.74) is 3.91. The highest BCUT2D eigenvalue weighted by Gasteiger charge is 2.14. The molecule has 0 saturated heterocycles. The van der Waals surface area contributed by atoms with Gasteiger partial charge in [-0.15, -0.1) is 0 Å². The summed E-state index contributed by atoms with van der Waals surface area (Å²) in [5, 5.41) is 7.84. The van der Waals surface area contributed by atoms with Crippen molar-refractivity contribution in [2.75, 3.05) is 5.32 Å². The Morgan fingerprint density at radius 1 is 1.00 bits per heavy atom. The van der Waals surface area contributed by atoms with Gasteiger partial charge in [-0.25, -0.2) is 0 Å². The molecule has 0 aromatic heterocycles. The van der Waals surface area contributed by atoms with Gasteiger partial charge in [-0.2, -0.15) is 0 Å². The Hall–Kier alpha value is -1.09. The van der Waals surface area contributed by atoms with Crippen molar-refractivity contribution in [1.29, 1.82) is 0 Å². The molecular weight excluding hydrogens is 288 g/mol. The first kappa shape index (κ1) is 17.3. The summed E-state index contributed by atoms with van der Waals surface area (Å²) in [6.45, 7) is 4.40. The van der Waals surface area contributed by atoms with Gasteiger partial charge < -0.3 is 10.6 Å². The highest BCUT2D eigenvalue weighted by Crippen LogP contribution is 2.23. The topological polar surface area (TPSA) is 24.1 Å². The van der Waals surface area contributed by atoms with E-state index in [9.17, 15) is 0 Å². The number of hydrogen-bond acceptors (Lipinski definition) is 1. The van der Waals surface area contributed by atoms with Crippen LogP contribution in [0.3, 0.4) is 0 Å². The highest BCUT2D eigenvalue weighted by atomic mass is 32.1. The van der Waals surface area contributed by atoms with Crippen molar-refractivity contribution in [3.8, 4) is 0 Å². The Kier molecular flexibility index (Phi) is 7.17. The third-order valence-corrected chi connectivity index (χ3v) is 4.90. The molecule has 0 heterocycles. The van der Waals surface area contributed by atoms with Crippen LogP contribution in [0.2, 0.25) is 0 Å². The molecule has 0 aliphatic heterocycles. The van der Waals surface area contributed by atoms with Crippen LogP contribution in [0.5, 0.6) is 0 Å². The van der Waals surface area contributed by atoms with Crippen molar-refractivity contribution >= 4 is 23.0 Å². The number of aryl methyl sites for hydroxylation is 2. The fourth-order valence-corrected chi connectivity index (χ4v) is 3.61. The number of anilines is 1. The molecule has 22 heavy (non-hydrogen) atoms. The summed E-state index contributed by atoms with van der Waals surface area (Å²) >= 11 is 5.59. The van der Waals surface area contributed by atoms with Crippen molar-refractivity contribution in [3.05, 3.63) is 29.3 Å². The number of para-hydroxylation sites is 1. The van der Waals surface area contributed by atoms with Gasteiger partial charge in [0.05, 0.1) is 0 Å². The van der Waals surface area contributed by atoms with Crippen LogP contribution in [0.1, 0.15) is 69.9 Å². The maximum Gasteiger partial charge on any atom is 0.171 e. The van der Waals surface area contributed by atoms with E-state index in [-0.39, 0.29) is 0 Å². The molecule has 1 aromatic carbocycles. The molecule has 0 unspecified atom stereocenters. The second kappa shape index (κ2) is 9.14. The van der Waals surface area contributed by atoms with Crippen LogP contribution in [0.4, 0.5) is 5.69 Å². The minimum atomic E-state index is 0.541. The zero-order chi connectivity index (χ0) is 15.8. The lowest BCUT2D eigenvalue weighted by Gasteiger charge is -2.24. The molecule has 0 spiro atoms. The number of rotatable bonds is 4. The first-order valence-corrected chi connectivity index (χ1v) is 9.33. The average Bonchev–Trinajstić information content (AvgIpc) is 2.50. The molecule has 0 atom stereocenters. The molecule has 1 aliphatic carbocycles. The Morgan fingerprint density at radius 2 is 1.55 bits per heavy atom. The van der Waals surface area contributed by atoms with E-state index in [4.69, 9.17) is 12.2 Å². The molecule has 0 bridgehead atoms.